The molecular formula is C8H8N4S2. The molecule has 0 radical (unpaired) electrons. The molecule has 2 aromatic rings. The minimum absolute atomic E-state index is 0.672. The van der Waals surface area contributed by atoms with E-state index in [1.807, 2.05) is 13.0 Å². The summed E-state index contributed by atoms with van der Waals surface area (Å²) in [5, 5.41) is 0. The third-order valence-electron chi connectivity index (χ3n) is 1.52. The van der Waals surface area contributed by atoms with E-state index in [0.29, 0.717) is 5.69 Å². The van der Waals surface area contributed by atoms with E-state index in [1.54, 1.807) is 12.4 Å². The Morgan fingerprint density at radius 2 is 2.36 bits per heavy atom. The molecule has 14 heavy (non-hydrogen) atoms. The van der Waals surface area contributed by atoms with Crippen LogP contribution in [0.4, 0.5) is 5.69 Å². The number of nitrogens with two attached hydrogens (primary N) is 1. The summed E-state index contributed by atoms with van der Waals surface area (Å²) in [4.78, 5) is 9.13. The van der Waals surface area contributed by atoms with Gasteiger partial charge in [-0.3, -0.25) is 4.98 Å². The van der Waals surface area contributed by atoms with Gasteiger partial charge in [-0.1, -0.05) is 11.8 Å². The lowest BCUT2D eigenvalue weighted by atomic mass is 10.4. The lowest BCUT2D eigenvalue weighted by Gasteiger charge is -1.99. The topological polar surface area (TPSA) is 64.7 Å². The maximum atomic E-state index is 5.75. The second-order valence-electron chi connectivity index (χ2n) is 2.62. The molecule has 0 amide bonds. The van der Waals surface area contributed by atoms with Crippen molar-refractivity contribution in [2.45, 2.75) is 16.2 Å². The Morgan fingerprint density at radius 1 is 1.50 bits per heavy atom. The molecule has 0 bridgehead atoms. The Bertz CT molecular complexity index is 440. The van der Waals surface area contributed by atoms with Crippen LogP contribution in [0.15, 0.2) is 27.7 Å². The van der Waals surface area contributed by atoms with Gasteiger partial charge in [0.2, 0.25) is 0 Å². The van der Waals surface area contributed by atoms with Crippen LogP contribution in [0.2, 0.25) is 0 Å². The van der Waals surface area contributed by atoms with Gasteiger partial charge in [0, 0.05) is 11.1 Å². The van der Waals surface area contributed by atoms with Crippen molar-refractivity contribution in [3.05, 3.63) is 24.3 Å². The van der Waals surface area contributed by atoms with E-state index in [1.165, 1.54) is 23.3 Å². The average molecular weight is 224 g/mol. The zero-order valence-electron chi connectivity index (χ0n) is 7.47. The fourth-order valence-corrected chi connectivity index (χ4v) is 2.52. The van der Waals surface area contributed by atoms with Crippen molar-refractivity contribution in [3.8, 4) is 0 Å². The maximum Gasteiger partial charge on any atom is 0.174 e. The van der Waals surface area contributed by atoms with Gasteiger partial charge in [-0.15, -0.1) is 0 Å². The van der Waals surface area contributed by atoms with Gasteiger partial charge in [-0.2, -0.15) is 4.37 Å². The molecule has 0 saturated carbocycles. The molecule has 0 aliphatic rings. The zero-order chi connectivity index (χ0) is 9.97. The first-order valence-corrected chi connectivity index (χ1v) is 5.52. The predicted octanol–water partition coefficient (Wildman–Crippen LogP) is 1.97. The third-order valence-corrected chi connectivity index (χ3v) is 3.45. The predicted molar refractivity (Wildman–Crippen MR) is 57.4 cm³/mol. The number of nitrogen functional groups attached to an aromatic ring is 1. The molecule has 4 nitrogen and oxygen atoms in total. The van der Waals surface area contributed by atoms with Crippen LogP contribution < -0.4 is 5.73 Å². The molecule has 0 fully saturated rings. The largest absolute Gasteiger partial charge is 0.397 e. The van der Waals surface area contributed by atoms with Crippen LogP contribution in [-0.2, 0) is 0 Å². The van der Waals surface area contributed by atoms with Crippen LogP contribution in [-0.4, -0.2) is 14.3 Å². The number of nitrogens with zero attached hydrogens (tertiary/aromatic N) is 3. The highest BCUT2D eigenvalue weighted by atomic mass is 32.2. The number of rotatable bonds is 2. The molecule has 0 unspecified atom stereocenters. The first kappa shape index (κ1) is 9.42. The molecule has 0 aliphatic heterocycles. The Kier molecular flexibility index (Phi) is 2.64. The summed E-state index contributed by atoms with van der Waals surface area (Å²) in [7, 11) is 0. The molecule has 0 saturated heterocycles. The first-order chi connectivity index (χ1) is 6.75. The molecule has 0 atom stereocenters. The number of hydrogen-bond acceptors (Lipinski definition) is 6. The second kappa shape index (κ2) is 3.93. The first-order valence-electron chi connectivity index (χ1n) is 3.93. The second-order valence-corrected chi connectivity index (χ2v) is 4.66. The van der Waals surface area contributed by atoms with Gasteiger partial charge in [0.15, 0.2) is 4.34 Å². The van der Waals surface area contributed by atoms with Crippen LogP contribution in [0.1, 0.15) is 5.82 Å². The molecule has 2 aromatic heterocycles. The third kappa shape index (κ3) is 2.02. The average Bonchev–Trinajstić information content (AvgIpc) is 2.56. The van der Waals surface area contributed by atoms with Gasteiger partial charge in [0.25, 0.3) is 0 Å². The summed E-state index contributed by atoms with van der Waals surface area (Å²) in [6, 6.07) is 1.87. The SMILES string of the molecule is Cc1nsc(Sc2ccncc2N)n1. The van der Waals surface area contributed by atoms with Crippen molar-refractivity contribution < 1.29 is 0 Å². The lowest BCUT2D eigenvalue weighted by Crippen LogP contribution is -1.88. The molecule has 72 valence electrons. The van der Waals surface area contributed by atoms with Crippen LogP contribution in [0.5, 0.6) is 0 Å². The van der Waals surface area contributed by atoms with E-state index < -0.39 is 0 Å². The van der Waals surface area contributed by atoms with Crippen LogP contribution in [0, 0.1) is 6.92 Å². The van der Waals surface area contributed by atoms with E-state index in [9.17, 15) is 0 Å². The Labute approximate surface area is 89.8 Å². The molecule has 2 heterocycles. The van der Waals surface area contributed by atoms with E-state index in [2.05, 4.69) is 14.3 Å². The summed E-state index contributed by atoms with van der Waals surface area (Å²) in [6.45, 7) is 1.87. The summed E-state index contributed by atoms with van der Waals surface area (Å²) in [6.07, 6.45) is 3.35. The lowest BCUT2D eigenvalue weighted by molar-refractivity contribution is 1.10. The molecule has 0 aliphatic carbocycles. The Morgan fingerprint density at radius 3 is 3.00 bits per heavy atom. The molecule has 6 heteroatoms. The summed E-state index contributed by atoms with van der Waals surface area (Å²) >= 11 is 2.89. The standard InChI is InChI=1S/C8H8N4S2/c1-5-11-8(14-12-5)13-7-2-3-10-4-6(7)9/h2-4H,9H2,1H3. The van der Waals surface area contributed by atoms with Crippen molar-refractivity contribution in [2.24, 2.45) is 0 Å². The Hall–Kier alpha value is -1.14. The minimum atomic E-state index is 0.672. The quantitative estimate of drug-likeness (QED) is 0.845. The number of aromatic nitrogens is 3. The van der Waals surface area contributed by atoms with E-state index in [-0.39, 0.29) is 0 Å². The maximum absolute atomic E-state index is 5.75. The number of pyridine rings is 1. The van der Waals surface area contributed by atoms with Gasteiger partial charge in [0.1, 0.15) is 5.82 Å². The molecular weight excluding hydrogens is 216 g/mol. The Balaban J connectivity index is 2.23. The summed E-state index contributed by atoms with van der Waals surface area (Å²) in [5.41, 5.74) is 6.42. The monoisotopic (exact) mass is 224 g/mol. The number of hydrogen-bond donors (Lipinski definition) is 1. The van der Waals surface area contributed by atoms with E-state index >= 15 is 0 Å². The van der Waals surface area contributed by atoms with Crippen LogP contribution >= 0.6 is 23.3 Å². The minimum Gasteiger partial charge on any atom is -0.397 e. The zero-order valence-corrected chi connectivity index (χ0v) is 9.10. The van der Waals surface area contributed by atoms with Crippen LogP contribution in [0.25, 0.3) is 0 Å². The van der Waals surface area contributed by atoms with E-state index in [4.69, 9.17) is 5.73 Å². The summed E-state index contributed by atoms with van der Waals surface area (Å²) in [5.74, 6) is 0.796. The normalized spacial score (nSPS) is 10.4. The van der Waals surface area contributed by atoms with Crippen molar-refractivity contribution in [3.63, 3.8) is 0 Å². The van der Waals surface area contributed by atoms with Crippen molar-refractivity contribution in [1.82, 2.24) is 14.3 Å². The smallest absolute Gasteiger partial charge is 0.174 e. The fraction of sp³-hybridized carbons (Fsp3) is 0.125. The fourth-order valence-electron chi connectivity index (χ4n) is 0.900. The molecule has 2 N–H and O–H groups in total. The van der Waals surface area contributed by atoms with Crippen molar-refractivity contribution >= 4 is 29.0 Å². The highest BCUT2D eigenvalue weighted by molar-refractivity contribution is 8.01. The summed E-state index contributed by atoms with van der Waals surface area (Å²) < 4.78 is 5.00. The highest BCUT2D eigenvalue weighted by Crippen LogP contribution is 2.31. The molecule has 0 spiro atoms. The van der Waals surface area contributed by atoms with Gasteiger partial charge in [0.05, 0.1) is 11.9 Å². The van der Waals surface area contributed by atoms with Crippen molar-refractivity contribution in [2.75, 3.05) is 5.73 Å². The van der Waals surface area contributed by atoms with Gasteiger partial charge in [-0.25, -0.2) is 4.98 Å². The molecule has 0 aromatic carbocycles. The number of anilines is 1. The van der Waals surface area contributed by atoms with E-state index in [0.717, 1.165) is 15.1 Å². The van der Waals surface area contributed by atoms with Crippen LogP contribution in [0.3, 0.4) is 0 Å². The van der Waals surface area contributed by atoms with Gasteiger partial charge in [-0.05, 0) is 24.5 Å². The van der Waals surface area contributed by atoms with Gasteiger partial charge >= 0.3 is 0 Å². The van der Waals surface area contributed by atoms with Crippen molar-refractivity contribution in [1.29, 1.82) is 0 Å². The molecule has 2 rings (SSSR count). The number of aryl methyl sites for hydroxylation is 1. The van der Waals surface area contributed by atoms with Gasteiger partial charge < -0.3 is 5.73 Å². The highest BCUT2D eigenvalue weighted by Gasteiger charge is 2.05.